The average Bonchev–Trinajstić information content (AvgIpc) is 3.03. The van der Waals surface area contributed by atoms with E-state index in [0.717, 1.165) is 25.7 Å². The average molecular weight is 456 g/mol. The summed E-state index contributed by atoms with van der Waals surface area (Å²) in [5.41, 5.74) is -0.0133. The monoisotopic (exact) mass is 455 g/mol. The Labute approximate surface area is 180 Å². The number of rotatable bonds is 6. The van der Waals surface area contributed by atoms with E-state index in [0.29, 0.717) is 13.1 Å². The van der Waals surface area contributed by atoms with E-state index in [-0.39, 0.29) is 26.8 Å². The molecule has 0 saturated carbocycles. The number of halogens is 2. The van der Waals surface area contributed by atoms with Gasteiger partial charge in [0.15, 0.2) is 0 Å². The lowest BCUT2D eigenvalue weighted by Crippen LogP contribution is -2.32. The van der Waals surface area contributed by atoms with Gasteiger partial charge in [0.2, 0.25) is 10.0 Å². The second-order valence-corrected chi connectivity index (χ2v) is 9.30. The van der Waals surface area contributed by atoms with E-state index in [9.17, 15) is 17.6 Å². The van der Waals surface area contributed by atoms with Crippen LogP contribution in [0.1, 0.15) is 41.6 Å². The first kappa shape index (κ1) is 22.5. The predicted molar refractivity (Wildman–Crippen MR) is 111 cm³/mol. The van der Waals surface area contributed by atoms with Gasteiger partial charge in [0.05, 0.1) is 17.0 Å². The molecule has 162 valence electrons. The van der Waals surface area contributed by atoms with Crippen LogP contribution in [-0.2, 0) is 21.4 Å². The van der Waals surface area contributed by atoms with Crippen molar-refractivity contribution in [3.63, 3.8) is 0 Å². The molecule has 0 radical (unpaired) electrons. The second kappa shape index (κ2) is 9.76. The predicted octanol–water partition coefficient (Wildman–Crippen LogP) is 4.41. The van der Waals surface area contributed by atoms with Crippen LogP contribution < -0.4 is 4.74 Å². The maximum Gasteiger partial charge on any atom is 0.342 e. The van der Waals surface area contributed by atoms with Crippen molar-refractivity contribution in [1.29, 1.82) is 0 Å². The minimum Gasteiger partial charge on any atom is -0.496 e. The van der Waals surface area contributed by atoms with E-state index >= 15 is 0 Å². The Kier molecular flexibility index (Phi) is 7.33. The van der Waals surface area contributed by atoms with Crippen LogP contribution in [0.25, 0.3) is 0 Å². The molecular formula is C21H23ClFNO5S. The normalized spacial score (nSPS) is 15.4. The van der Waals surface area contributed by atoms with Crippen LogP contribution in [-0.4, -0.2) is 38.9 Å². The number of carbonyl (C=O) groups excluding carboxylic acids is 1. The Morgan fingerprint density at radius 2 is 1.83 bits per heavy atom. The summed E-state index contributed by atoms with van der Waals surface area (Å²) in [5, 5.41) is 0.132. The number of benzene rings is 2. The maximum absolute atomic E-state index is 13.9. The molecule has 0 bridgehead atoms. The molecule has 30 heavy (non-hydrogen) atoms. The molecule has 0 spiro atoms. The largest absolute Gasteiger partial charge is 0.496 e. The number of sulfonamides is 1. The van der Waals surface area contributed by atoms with Gasteiger partial charge in [-0.25, -0.2) is 17.6 Å². The van der Waals surface area contributed by atoms with Crippen molar-refractivity contribution in [3.05, 3.63) is 58.4 Å². The van der Waals surface area contributed by atoms with Gasteiger partial charge in [0.25, 0.3) is 0 Å². The van der Waals surface area contributed by atoms with E-state index in [1.807, 2.05) is 0 Å². The van der Waals surface area contributed by atoms with Gasteiger partial charge in [0.1, 0.15) is 23.7 Å². The molecule has 1 fully saturated rings. The SMILES string of the molecule is COc1ccc(S(=O)(=O)N2CCCCCC2)cc1C(=O)OCc1c(F)cccc1Cl. The Balaban J connectivity index is 1.86. The number of hydrogen-bond donors (Lipinski definition) is 0. The van der Waals surface area contributed by atoms with Gasteiger partial charge in [-0.3, -0.25) is 0 Å². The van der Waals surface area contributed by atoms with Crippen molar-refractivity contribution < 1.29 is 27.1 Å². The van der Waals surface area contributed by atoms with E-state index in [1.54, 1.807) is 0 Å². The van der Waals surface area contributed by atoms with Crippen LogP contribution in [0.3, 0.4) is 0 Å². The lowest BCUT2D eigenvalue weighted by molar-refractivity contribution is 0.0465. The Hall–Kier alpha value is -2.16. The molecule has 0 aliphatic carbocycles. The van der Waals surface area contributed by atoms with Gasteiger partial charge in [-0.05, 0) is 43.2 Å². The quantitative estimate of drug-likeness (QED) is 0.603. The van der Waals surface area contributed by atoms with Gasteiger partial charge in [-0.2, -0.15) is 4.31 Å². The summed E-state index contributed by atoms with van der Waals surface area (Å²) < 4.78 is 51.9. The number of carbonyl (C=O) groups is 1. The highest BCUT2D eigenvalue weighted by Crippen LogP contribution is 2.27. The van der Waals surface area contributed by atoms with Crippen LogP contribution >= 0.6 is 11.6 Å². The van der Waals surface area contributed by atoms with Gasteiger partial charge < -0.3 is 9.47 Å². The zero-order chi connectivity index (χ0) is 21.7. The van der Waals surface area contributed by atoms with E-state index in [4.69, 9.17) is 21.1 Å². The summed E-state index contributed by atoms with van der Waals surface area (Å²) in [4.78, 5) is 12.6. The van der Waals surface area contributed by atoms with Gasteiger partial charge in [0, 0.05) is 18.7 Å². The molecule has 9 heteroatoms. The molecule has 2 aromatic rings. The van der Waals surface area contributed by atoms with Crippen LogP contribution in [0.5, 0.6) is 5.75 Å². The molecule has 1 aliphatic heterocycles. The topological polar surface area (TPSA) is 72.9 Å². The summed E-state index contributed by atoms with van der Waals surface area (Å²) in [6, 6.07) is 8.21. The van der Waals surface area contributed by atoms with Crippen molar-refractivity contribution in [3.8, 4) is 5.75 Å². The first-order valence-corrected chi connectivity index (χ1v) is 11.4. The van der Waals surface area contributed by atoms with Crippen LogP contribution in [0.2, 0.25) is 5.02 Å². The molecule has 0 N–H and O–H groups in total. The first-order chi connectivity index (χ1) is 14.3. The summed E-state index contributed by atoms with van der Waals surface area (Å²) in [6.45, 7) is 0.496. The summed E-state index contributed by atoms with van der Waals surface area (Å²) in [6.07, 6.45) is 3.58. The lowest BCUT2D eigenvalue weighted by atomic mass is 10.2. The van der Waals surface area contributed by atoms with Crippen LogP contribution in [0.15, 0.2) is 41.3 Å². The second-order valence-electron chi connectivity index (χ2n) is 6.96. The molecule has 1 heterocycles. The highest BCUT2D eigenvalue weighted by atomic mass is 35.5. The van der Waals surface area contributed by atoms with Gasteiger partial charge >= 0.3 is 5.97 Å². The van der Waals surface area contributed by atoms with Crippen molar-refractivity contribution >= 4 is 27.6 Å². The smallest absolute Gasteiger partial charge is 0.342 e. The molecule has 3 rings (SSSR count). The molecule has 0 amide bonds. The lowest BCUT2D eigenvalue weighted by Gasteiger charge is -2.20. The maximum atomic E-state index is 13.9. The fourth-order valence-corrected chi connectivity index (χ4v) is 5.09. The number of methoxy groups -OCH3 is 1. The molecular weight excluding hydrogens is 433 g/mol. The molecule has 0 unspecified atom stereocenters. The zero-order valence-corrected chi connectivity index (χ0v) is 18.1. The van der Waals surface area contributed by atoms with Gasteiger partial charge in [-0.1, -0.05) is 30.5 Å². The minimum absolute atomic E-state index is 0.0129. The third-order valence-electron chi connectivity index (χ3n) is 5.00. The molecule has 0 aromatic heterocycles. The van der Waals surface area contributed by atoms with E-state index < -0.39 is 28.4 Å². The fraction of sp³-hybridized carbons (Fsp3) is 0.381. The number of ether oxygens (including phenoxy) is 2. The Morgan fingerprint density at radius 1 is 1.13 bits per heavy atom. The highest BCUT2D eigenvalue weighted by Gasteiger charge is 2.27. The molecule has 0 atom stereocenters. The van der Waals surface area contributed by atoms with Crippen molar-refractivity contribution in [2.75, 3.05) is 20.2 Å². The number of esters is 1. The number of hydrogen-bond acceptors (Lipinski definition) is 5. The molecule has 6 nitrogen and oxygen atoms in total. The van der Waals surface area contributed by atoms with Crippen LogP contribution in [0, 0.1) is 5.82 Å². The number of nitrogens with zero attached hydrogens (tertiary/aromatic N) is 1. The Morgan fingerprint density at radius 3 is 2.47 bits per heavy atom. The highest BCUT2D eigenvalue weighted by molar-refractivity contribution is 7.89. The van der Waals surface area contributed by atoms with Crippen molar-refractivity contribution in [1.82, 2.24) is 4.31 Å². The van der Waals surface area contributed by atoms with E-state index in [1.165, 1.54) is 47.8 Å². The zero-order valence-electron chi connectivity index (χ0n) is 16.6. The third kappa shape index (κ3) is 4.94. The standard InChI is InChI=1S/C21H23ClFNO5S/c1-28-20-10-9-15(30(26,27)24-11-4-2-3-5-12-24)13-16(20)21(25)29-14-17-18(22)7-6-8-19(17)23/h6-10,13H,2-5,11-12,14H2,1H3. The summed E-state index contributed by atoms with van der Waals surface area (Å²) in [7, 11) is -2.39. The van der Waals surface area contributed by atoms with Crippen molar-refractivity contribution in [2.24, 2.45) is 0 Å². The van der Waals surface area contributed by atoms with Gasteiger partial charge in [-0.15, -0.1) is 0 Å². The molecule has 2 aromatic carbocycles. The first-order valence-electron chi connectivity index (χ1n) is 9.63. The molecule has 1 aliphatic rings. The summed E-state index contributed by atoms with van der Waals surface area (Å²) >= 11 is 5.96. The summed E-state index contributed by atoms with van der Waals surface area (Å²) in [5.74, 6) is -1.27. The Bertz CT molecular complexity index is 1000. The van der Waals surface area contributed by atoms with Crippen LogP contribution in [0.4, 0.5) is 4.39 Å². The van der Waals surface area contributed by atoms with E-state index in [2.05, 4.69) is 0 Å². The molecule has 1 saturated heterocycles. The fourth-order valence-electron chi connectivity index (χ4n) is 3.32. The van der Waals surface area contributed by atoms with Crippen molar-refractivity contribution in [2.45, 2.75) is 37.2 Å². The third-order valence-corrected chi connectivity index (χ3v) is 7.25. The minimum atomic E-state index is -3.76.